The number of carbonyl (C=O) groups is 1. The fourth-order valence-electron chi connectivity index (χ4n) is 2.53. The number of rotatable bonds is 3. The summed E-state index contributed by atoms with van der Waals surface area (Å²) in [5.74, 6) is 0.287. The van der Waals surface area contributed by atoms with Crippen LogP contribution in [0.1, 0.15) is 5.89 Å². The summed E-state index contributed by atoms with van der Waals surface area (Å²) in [6, 6.07) is 11.4. The Kier molecular flexibility index (Phi) is 3.85. The Bertz CT molecular complexity index is 960. The molecule has 1 amide bonds. The lowest BCUT2D eigenvalue weighted by Gasteiger charge is -2.27. The number of aromatic nitrogens is 2. The number of fused-ring (bicyclic) bond motifs is 1. The molecule has 0 fully saturated rings. The molecule has 0 N–H and O–H groups in total. The SMILES string of the molecule is O=C1COc2ccccc2N1Cc1nc(-c2ccc(Cl)c(F)c2)no1. The first kappa shape index (κ1) is 15.6. The van der Waals surface area contributed by atoms with Crippen LogP contribution in [0.25, 0.3) is 11.4 Å². The molecule has 8 heteroatoms. The summed E-state index contributed by atoms with van der Waals surface area (Å²) < 4.78 is 24.2. The summed E-state index contributed by atoms with van der Waals surface area (Å²) in [7, 11) is 0. The van der Waals surface area contributed by atoms with Crippen molar-refractivity contribution in [1.29, 1.82) is 0 Å². The Morgan fingerprint density at radius 2 is 2.08 bits per heavy atom. The molecule has 0 aliphatic carbocycles. The molecule has 1 aliphatic heterocycles. The van der Waals surface area contributed by atoms with E-state index in [1.807, 2.05) is 12.1 Å². The summed E-state index contributed by atoms with van der Waals surface area (Å²) >= 11 is 5.67. The maximum atomic E-state index is 13.6. The van der Waals surface area contributed by atoms with E-state index in [2.05, 4.69) is 10.1 Å². The van der Waals surface area contributed by atoms with Gasteiger partial charge in [0.15, 0.2) is 6.61 Å². The molecule has 0 radical (unpaired) electrons. The Morgan fingerprint density at radius 3 is 2.92 bits per heavy atom. The highest BCUT2D eigenvalue weighted by Crippen LogP contribution is 2.32. The molecule has 126 valence electrons. The van der Waals surface area contributed by atoms with Crippen molar-refractivity contribution in [2.45, 2.75) is 6.54 Å². The number of benzene rings is 2. The van der Waals surface area contributed by atoms with Gasteiger partial charge in [-0.2, -0.15) is 4.98 Å². The third kappa shape index (κ3) is 2.94. The summed E-state index contributed by atoms with van der Waals surface area (Å²) in [4.78, 5) is 17.9. The quantitative estimate of drug-likeness (QED) is 0.716. The molecule has 6 nitrogen and oxygen atoms in total. The van der Waals surface area contributed by atoms with Crippen LogP contribution in [0, 0.1) is 5.82 Å². The summed E-state index contributed by atoms with van der Waals surface area (Å²) in [5, 5.41) is 3.86. The van der Waals surface area contributed by atoms with E-state index in [1.54, 1.807) is 18.2 Å². The summed E-state index contributed by atoms with van der Waals surface area (Å²) in [6.07, 6.45) is 0. The Morgan fingerprint density at radius 1 is 1.24 bits per heavy atom. The van der Waals surface area contributed by atoms with E-state index in [0.29, 0.717) is 17.0 Å². The molecule has 0 unspecified atom stereocenters. The number of amides is 1. The second-order valence-electron chi connectivity index (χ2n) is 5.38. The van der Waals surface area contributed by atoms with Gasteiger partial charge >= 0.3 is 0 Å². The van der Waals surface area contributed by atoms with Gasteiger partial charge < -0.3 is 9.26 Å². The molecule has 1 aromatic heterocycles. The number of carbonyl (C=O) groups excluding carboxylic acids is 1. The molecule has 2 heterocycles. The molecule has 2 aromatic carbocycles. The van der Waals surface area contributed by atoms with E-state index < -0.39 is 5.82 Å². The number of halogens is 2. The molecular weight excluding hydrogens is 349 g/mol. The topological polar surface area (TPSA) is 68.5 Å². The Balaban J connectivity index is 1.61. The number of anilines is 1. The van der Waals surface area contributed by atoms with Crippen LogP contribution in [0.5, 0.6) is 5.75 Å². The van der Waals surface area contributed by atoms with Crippen molar-refractivity contribution in [1.82, 2.24) is 10.1 Å². The van der Waals surface area contributed by atoms with E-state index in [0.717, 1.165) is 0 Å². The minimum atomic E-state index is -0.567. The fraction of sp³-hybridized carbons (Fsp3) is 0.118. The minimum absolute atomic E-state index is 0.0167. The second-order valence-corrected chi connectivity index (χ2v) is 5.78. The number of hydrogen-bond donors (Lipinski definition) is 0. The third-order valence-corrected chi connectivity index (χ3v) is 4.05. The summed E-state index contributed by atoms with van der Waals surface area (Å²) in [5.41, 5.74) is 1.07. The first-order chi connectivity index (χ1) is 12.1. The molecule has 4 rings (SSSR count). The fourth-order valence-corrected chi connectivity index (χ4v) is 2.65. The van der Waals surface area contributed by atoms with Crippen LogP contribution in [0.4, 0.5) is 10.1 Å². The van der Waals surface area contributed by atoms with Crippen LogP contribution in [0.2, 0.25) is 5.02 Å². The van der Waals surface area contributed by atoms with Crippen LogP contribution >= 0.6 is 11.6 Å². The lowest BCUT2D eigenvalue weighted by molar-refractivity contribution is -0.121. The van der Waals surface area contributed by atoms with Gasteiger partial charge in [-0.15, -0.1) is 0 Å². The molecule has 0 saturated carbocycles. The zero-order chi connectivity index (χ0) is 17.4. The van der Waals surface area contributed by atoms with Crippen molar-refractivity contribution in [3.05, 3.63) is 59.2 Å². The maximum absolute atomic E-state index is 13.6. The van der Waals surface area contributed by atoms with Crippen LogP contribution in [0.15, 0.2) is 47.0 Å². The monoisotopic (exact) mass is 359 g/mol. The Labute approximate surface area is 146 Å². The molecule has 0 atom stereocenters. The molecule has 3 aromatic rings. The highest BCUT2D eigenvalue weighted by molar-refractivity contribution is 6.30. The lowest BCUT2D eigenvalue weighted by atomic mass is 10.2. The normalized spacial score (nSPS) is 13.5. The van der Waals surface area contributed by atoms with Gasteiger partial charge in [0.2, 0.25) is 11.7 Å². The molecule has 0 spiro atoms. The van der Waals surface area contributed by atoms with Gasteiger partial charge in [0.1, 0.15) is 18.1 Å². The highest BCUT2D eigenvalue weighted by Gasteiger charge is 2.27. The zero-order valence-corrected chi connectivity index (χ0v) is 13.5. The van der Waals surface area contributed by atoms with E-state index in [-0.39, 0.29) is 35.8 Å². The lowest BCUT2D eigenvalue weighted by Crippen LogP contribution is -2.38. The van der Waals surface area contributed by atoms with Crippen molar-refractivity contribution >= 4 is 23.2 Å². The van der Waals surface area contributed by atoms with E-state index in [1.165, 1.54) is 17.0 Å². The van der Waals surface area contributed by atoms with Crippen LogP contribution in [0.3, 0.4) is 0 Å². The van der Waals surface area contributed by atoms with Crippen molar-refractivity contribution < 1.29 is 18.4 Å². The first-order valence-electron chi connectivity index (χ1n) is 7.42. The van der Waals surface area contributed by atoms with Crippen molar-refractivity contribution in [2.24, 2.45) is 0 Å². The van der Waals surface area contributed by atoms with Gasteiger partial charge in [0, 0.05) is 5.56 Å². The van der Waals surface area contributed by atoms with Gasteiger partial charge in [-0.1, -0.05) is 28.9 Å². The maximum Gasteiger partial charge on any atom is 0.265 e. The van der Waals surface area contributed by atoms with E-state index in [9.17, 15) is 9.18 Å². The van der Waals surface area contributed by atoms with Gasteiger partial charge in [0.05, 0.1) is 10.7 Å². The minimum Gasteiger partial charge on any atom is -0.482 e. The number of para-hydroxylation sites is 2. The molecular formula is C17H11ClFN3O3. The Hall–Kier alpha value is -2.93. The zero-order valence-electron chi connectivity index (χ0n) is 12.8. The van der Waals surface area contributed by atoms with E-state index in [4.69, 9.17) is 20.9 Å². The third-order valence-electron chi connectivity index (χ3n) is 3.75. The van der Waals surface area contributed by atoms with Crippen molar-refractivity contribution in [2.75, 3.05) is 11.5 Å². The predicted molar refractivity (Wildman–Crippen MR) is 87.8 cm³/mol. The number of nitrogens with zero attached hydrogens (tertiary/aromatic N) is 3. The average molecular weight is 360 g/mol. The van der Waals surface area contributed by atoms with Gasteiger partial charge in [-0.3, -0.25) is 9.69 Å². The molecule has 25 heavy (non-hydrogen) atoms. The smallest absolute Gasteiger partial charge is 0.265 e. The first-order valence-corrected chi connectivity index (χ1v) is 7.80. The van der Waals surface area contributed by atoms with Gasteiger partial charge in [-0.05, 0) is 30.3 Å². The second kappa shape index (κ2) is 6.18. The predicted octanol–water partition coefficient (Wildman–Crippen LogP) is 3.45. The van der Waals surface area contributed by atoms with Crippen molar-refractivity contribution in [3.63, 3.8) is 0 Å². The van der Waals surface area contributed by atoms with Crippen LogP contribution in [-0.2, 0) is 11.3 Å². The number of hydrogen-bond acceptors (Lipinski definition) is 5. The van der Waals surface area contributed by atoms with Gasteiger partial charge in [0.25, 0.3) is 5.91 Å². The molecule has 1 aliphatic rings. The van der Waals surface area contributed by atoms with Crippen molar-refractivity contribution in [3.8, 4) is 17.1 Å². The van der Waals surface area contributed by atoms with Crippen LogP contribution in [-0.4, -0.2) is 22.7 Å². The van der Waals surface area contributed by atoms with Gasteiger partial charge in [-0.25, -0.2) is 4.39 Å². The highest BCUT2D eigenvalue weighted by atomic mass is 35.5. The van der Waals surface area contributed by atoms with Crippen LogP contribution < -0.4 is 9.64 Å². The molecule has 0 bridgehead atoms. The largest absolute Gasteiger partial charge is 0.482 e. The standard InChI is InChI=1S/C17H11ClFN3O3/c18-11-6-5-10(7-12(11)19)17-20-15(25-21-17)8-22-13-3-1-2-4-14(13)24-9-16(22)23/h1-7H,8-9H2. The molecule has 0 saturated heterocycles. The van der Waals surface area contributed by atoms with E-state index >= 15 is 0 Å². The summed E-state index contributed by atoms with van der Waals surface area (Å²) in [6.45, 7) is 0.0443. The average Bonchev–Trinajstić information content (AvgIpc) is 3.08. The number of ether oxygens (including phenoxy) is 1.